The molecule has 2 atom stereocenters. The molecule has 1 aromatic heterocycles. The lowest BCUT2D eigenvalue weighted by atomic mass is 9.88. The van der Waals surface area contributed by atoms with Crippen molar-refractivity contribution in [2.24, 2.45) is 5.92 Å². The molecule has 20 heavy (non-hydrogen) atoms. The smallest absolute Gasteiger partial charge is 0.244 e. The molecule has 6 heteroatoms. The summed E-state index contributed by atoms with van der Waals surface area (Å²) in [5.74, 6) is 1.68. The molecule has 0 radical (unpaired) electrons. The van der Waals surface area contributed by atoms with E-state index < -0.39 is 10.0 Å². The first-order chi connectivity index (χ1) is 9.42. The van der Waals surface area contributed by atoms with E-state index in [1.807, 2.05) is 0 Å². The molecular formula is C14H24N2O3S. The lowest BCUT2D eigenvalue weighted by molar-refractivity contribution is 0.327. The zero-order valence-corrected chi connectivity index (χ0v) is 13.2. The van der Waals surface area contributed by atoms with E-state index in [4.69, 9.17) is 4.42 Å². The van der Waals surface area contributed by atoms with Gasteiger partial charge in [-0.05, 0) is 32.7 Å². The van der Waals surface area contributed by atoms with E-state index in [0.29, 0.717) is 24.0 Å². The van der Waals surface area contributed by atoms with Crippen LogP contribution in [-0.2, 0) is 16.6 Å². The molecule has 2 unspecified atom stereocenters. The van der Waals surface area contributed by atoms with Crippen LogP contribution < -0.4 is 10.0 Å². The maximum absolute atomic E-state index is 12.5. The third kappa shape index (κ3) is 3.62. The van der Waals surface area contributed by atoms with Gasteiger partial charge in [0.25, 0.3) is 0 Å². The second-order valence-corrected chi connectivity index (χ2v) is 7.44. The Morgan fingerprint density at radius 1 is 1.40 bits per heavy atom. The summed E-state index contributed by atoms with van der Waals surface area (Å²) >= 11 is 0. The van der Waals surface area contributed by atoms with Gasteiger partial charge in [-0.1, -0.05) is 19.8 Å². The fourth-order valence-corrected chi connectivity index (χ4v) is 4.36. The highest BCUT2D eigenvalue weighted by Crippen LogP contribution is 2.26. The summed E-state index contributed by atoms with van der Waals surface area (Å²) in [5, 5.41) is 2.95. The van der Waals surface area contributed by atoms with Gasteiger partial charge in [-0.25, -0.2) is 13.1 Å². The van der Waals surface area contributed by atoms with Crippen molar-refractivity contribution in [2.45, 2.75) is 57.0 Å². The molecule has 1 aliphatic carbocycles. The van der Waals surface area contributed by atoms with Crippen LogP contribution in [0.4, 0.5) is 0 Å². The van der Waals surface area contributed by atoms with Crippen molar-refractivity contribution >= 4 is 10.0 Å². The fourth-order valence-electron chi connectivity index (χ4n) is 2.88. The van der Waals surface area contributed by atoms with Crippen LogP contribution in [0.25, 0.3) is 0 Å². The summed E-state index contributed by atoms with van der Waals surface area (Å²) in [6.45, 7) is 4.39. The minimum absolute atomic E-state index is 0.0470. The van der Waals surface area contributed by atoms with E-state index in [1.54, 1.807) is 20.0 Å². The molecule has 0 bridgehead atoms. The Morgan fingerprint density at radius 3 is 2.80 bits per heavy atom. The monoisotopic (exact) mass is 300 g/mol. The van der Waals surface area contributed by atoms with Crippen molar-refractivity contribution in [3.63, 3.8) is 0 Å². The molecule has 1 aliphatic rings. The average Bonchev–Trinajstić information content (AvgIpc) is 2.71. The number of nitrogens with one attached hydrogen (secondary N) is 2. The highest BCUT2D eigenvalue weighted by Gasteiger charge is 2.27. The molecule has 1 aromatic rings. The molecule has 114 valence electrons. The van der Waals surface area contributed by atoms with E-state index in [-0.39, 0.29) is 10.9 Å². The Hall–Kier alpha value is -0.850. The van der Waals surface area contributed by atoms with E-state index in [1.165, 1.54) is 6.42 Å². The fraction of sp³-hybridized carbons (Fsp3) is 0.714. The van der Waals surface area contributed by atoms with Crippen molar-refractivity contribution in [1.29, 1.82) is 0 Å². The van der Waals surface area contributed by atoms with Crippen LogP contribution in [0.2, 0.25) is 0 Å². The second kappa shape index (κ2) is 6.28. The van der Waals surface area contributed by atoms with E-state index >= 15 is 0 Å². The van der Waals surface area contributed by atoms with Gasteiger partial charge < -0.3 is 9.73 Å². The molecule has 1 saturated carbocycles. The number of hydrogen-bond acceptors (Lipinski definition) is 4. The van der Waals surface area contributed by atoms with E-state index in [2.05, 4.69) is 17.0 Å². The summed E-state index contributed by atoms with van der Waals surface area (Å²) in [6, 6.07) is 1.66. The molecule has 0 aromatic carbocycles. The molecule has 0 aliphatic heterocycles. The van der Waals surface area contributed by atoms with Crippen LogP contribution in [0.3, 0.4) is 0 Å². The Morgan fingerprint density at radius 2 is 2.15 bits per heavy atom. The highest BCUT2D eigenvalue weighted by atomic mass is 32.2. The zero-order valence-electron chi connectivity index (χ0n) is 12.4. The summed E-state index contributed by atoms with van der Waals surface area (Å²) in [7, 11) is -1.68. The summed E-state index contributed by atoms with van der Waals surface area (Å²) in [6.07, 6.45) is 4.11. The van der Waals surface area contributed by atoms with Gasteiger partial charge in [0.05, 0.1) is 6.54 Å². The maximum Gasteiger partial charge on any atom is 0.244 e. The molecule has 1 heterocycles. The quantitative estimate of drug-likeness (QED) is 0.874. The van der Waals surface area contributed by atoms with Crippen LogP contribution in [-0.4, -0.2) is 21.5 Å². The van der Waals surface area contributed by atoms with Crippen LogP contribution >= 0.6 is 0 Å². The number of furan rings is 1. The SMILES string of the molecule is CNCc1cc(S(=O)(=O)NC2CCCC(C)C2)c(C)o1. The van der Waals surface area contributed by atoms with Gasteiger partial charge in [-0.2, -0.15) is 0 Å². The van der Waals surface area contributed by atoms with Crippen molar-refractivity contribution in [3.8, 4) is 0 Å². The topological polar surface area (TPSA) is 71.3 Å². The maximum atomic E-state index is 12.5. The Labute approximate surface area is 121 Å². The van der Waals surface area contributed by atoms with Gasteiger partial charge >= 0.3 is 0 Å². The number of aryl methyl sites for hydroxylation is 1. The van der Waals surface area contributed by atoms with Crippen LogP contribution in [0.1, 0.15) is 44.1 Å². The lowest BCUT2D eigenvalue weighted by Crippen LogP contribution is -2.38. The van der Waals surface area contributed by atoms with Crippen molar-refractivity contribution < 1.29 is 12.8 Å². The predicted molar refractivity (Wildman–Crippen MR) is 78.0 cm³/mol. The van der Waals surface area contributed by atoms with Crippen LogP contribution in [0.15, 0.2) is 15.4 Å². The average molecular weight is 300 g/mol. The van der Waals surface area contributed by atoms with E-state index in [0.717, 1.165) is 19.3 Å². The van der Waals surface area contributed by atoms with Gasteiger partial charge in [-0.3, -0.25) is 0 Å². The molecular weight excluding hydrogens is 276 g/mol. The van der Waals surface area contributed by atoms with Gasteiger partial charge in [0, 0.05) is 12.1 Å². The zero-order chi connectivity index (χ0) is 14.8. The van der Waals surface area contributed by atoms with Crippen molar-refractivity contribution in [1.82, 2.24) is 10.0 Å². The normalized spacial score (nSPS) is 23.9. The third-order valence-electron chi connectivity index (χ3n) is 3.82. The minimum atomic E-state index is -3.48. The van der Waals surface area contributed by atoms with Gasteiger partial charge in [0.1, 0.15) is 16.4 Å². The van der Waals surface area contributed by atoms with Crippen LogP contribution in [0, 0.1) is 12.8 Å². The molecule has 2 rings (SSSR count). The Balaban J connectivity index is 2.13. The highest BCUT2D eigenvalue weighted by molar-refractivity contribution is 7.89. The first kappa shape index (κ1) is 15.5. The standard InChI is InChI=1S/C14H24N2O3S/c1-10-5-4-6-12(7-10)16-20(17,18)14-8-13(9-15-3)19-11(14)2/h8,10,12,15-16H,4-7,9H2,1-3H3. The molecule has 2 N–H and O–H groups in total. The molecule has 1 fully saturated rings. The van der Waals surface area contributed by atoms with E-state index in [9.17, 15) is 8.42 Å². The Kier molecular flexibility index (Phi) is 4.88. The predicted octanol–water partition coefficient (Wildman–Crippen LogP) is 2.16. The molecule has 0 saturated heterocycles. The lowest BCUT2D eigenvalue weighted by Gasteiger charge is -2.27. The van der Waals surface area contributed by atoms with Crippen molar-refractivity contribution in [2.75, 3.05) is 7.05 Å². The van der Waals surface area contributed by atoms with Gasteiger partial charge in [0.15, 0.2) is 0 Å². The number of rotatable bonds is 5. The first-order valence-corrected chi connectivity index (χ1v) is 8.67. The Bertz CT molecular complexity index is 551. The second-order valence-electron chi connectivity index (χ2n) is 5.75. The summed E-state index contributed by atoms with van der Waals surface area (Å²) in [4.78, 5) is 0.265. The first-order valence-electron chi connectivity index (χ1n) is 7.18. The summed E-state index contributed by atoms with van der Waals surface area (Å²) < 4.78 is 33.2. The molecule has 5 nitrogen and oxygen atoms in total. The molecule has 0 amide bonds. The largest absolute Gasteiger partial charge is 0.464 e. The van der Waals surface area contributed by atoms with Gasteiger partial charge in [-0.15, -0.1) is 0 Å². The molecule has 0 spiro atoms. The van der Waals surface area contributed by atoms with Crippen LogP contribution in [0.5, 0.6) is 0 Å². The minimum Gasteiger partial charge on any atom is -0.464 e. The van der Waals surface area contributed by atoms with Gasteiger partial charge in [0.2, 0.25) is 10.0 Å². The summed E-state index contributed by atoms with van der Waals surface area (Å²) in [5.41, 5.74) is 0. The number of sulfonamides is 1. The van der Waals surface area contributed by atoms with Crippen molar-refractivity contribution in [3.05, 3.63) is 17.6 Å². The third-order valence-corrected chi connectivity index (χ3v) is 5.45. The number of hydrogen-bond donors (Lipinski definition) is 2.